The standard InChI is InChI=1S/C49H83O16P/c1-3-5-7-8-9-10-11-12-13-14-15-16-17-18-19-20-26-30-43(54)64-37-34-62-42(53)29-25-22-21-24-28-38-40(51)33-41(52)39(32-31-36(50)27-23-6-4-2)45(56)47(58)49(48(59)46(57)44(38)55)65-66(60,61)63-35-37/h12-13,15-16,18-19,31-32,36-39,41,44-50,52,55-59H,3-11,14,17,20-30,33-35H2,1-2H3,(H,60,61)/b13-12-,16-15-,19-18-,32-31+/t36-,37+,38-,39-,41+,44+,45+,46-,47+,48+,49+/m0/s1. The molecule has 2 aliphatic rings. The van der Waals surface area contributed by atoms with Crippen LogP contribution in [0.5, 0.6) is 0 Å². The molecule has 0 aromatic heterocycles. The van der Waals surface area contributed by atoms with Gasteiger partial charge in [0, 0.05) is 31.1 Å². The number of esters is 2. The summed E-state index contributed by atoms with van der Waals surface area (Å²) in [6.45, 7) is 2.77. The maximum atomic E-state index is 13.6. The Bertz CT molecular complexity index is 1520. The Morgan fingerprint density at radius 1 is 0.742 bits per heavy atom. The molecule has 380 valence electrons. The number of phosphoric acid groups is 1. The van der Waals surface area contributed by atoms with E-state index < -0.39 is 112 Å². The number of ketones is 1. The third kappa shape index (κ3) is 24.6. The topological polar surface area (TPSA) is 267 Å². The molecule has 0 radical (unpaired) electrons. The van der Waals surface area contributed by atoms with E-state index in [1.165, 1.54) is 50.7 Å². The molecular formula is C49H83O16P. The molecule has 0 aromatic rings. The number of hydrogen-bond donors (Lipinski definition) is 8. The molecule has 1 aliphatic heterocycles. The summed E-state index contributed by atoms with van der Waals surface area (Å²) in [5, 5.41) is 78.7. The van der Waals surface area contributed by atoms with Crippen LogP contribution in [0.15, 0.2) is 48.6 Å². The van der Waals surface area contributed by atoms with Crippen molar-refractivity contribution in [1.82, 2.24) is 0 Å². The van der Waals surface area contributed by atoms with Crippen molar-refractivity contribution in [2.24, 2.45) is 11.8 Å². The summed E-state index contributed by atoms with van der Waals surface area (Å²) in [5.74, 6) is -4.97. The Labute approximate surface area is 392 Å². The van der Waals surface area contributed by atoms with E-state index in [9.17, 15) is 59.6 Å². The van der Waals surface area contributed by atoms with Crippen molar-refractivity contribution >= 4 is 25.5 Å². The van der Waals surface area contributed by atoms with Gasteiger partial charge in [0.25, 0.3) is 0 Å². The largest absolute Gasteiger partial charge is 0.472 e. The van der Waals surface area contributed by atoms with Gasteiger partial charge in [0.15, 0.2) is 6.10 Å². The van der Waals surface area contributed by atoms with Crippen molar-refractivity contribution in [2.45, 2.75) is 216 Å². The van der Waals surface area contributed by atoms with E-state index in [4.69, 9.17) is 18.5 Å². The fourth-order valence-electron chi connectivity index (χ4n) is 7.98. The highest BCUT2D eigenvalue weighted by Crippen LogP contribution is 2.47. The first-order valence-electron chi connectivity index (χ1n) is 24.5. The monoisotopic (exact) mass is 959 g/mol. The third-order valence-electron chi connectivity index (χ3n) is 12.0. The Hall–Kier alpha value is -2.60. The number of rotatable bonds is 22. The van der Waals surface area contributed by atoms with E-state index in [0.29, 0.717) is 51.4 Å². The lowest BCUT2D eigenvalue weighted by Crippen LogP contribution is -2.55. The van der Waals surface area contributed by atoms with Gasteiger partial charge in [-0.1, -0.05) is 133 Å². The number of allylic oxidation sites excluding steroid dienone is 6. The normalized spacial score (nSPS) is 31.2. The van der Waals surface area contributed by atoms with Gasteiger partial charge in [-0.25, -0.2) is 4.57 Å². The summed E-state index contributed by atoms with van der Waals surface area (Å²) in [7, 11) is -5.46. The van der Waals surface area contributed by atoms with Crippen LogP contribution < -0.4 is 0 Å². The number of ether oxygens (including phenoxy) is 2. The number of phosphoric ester groups is 1. The lowest BCUT2D eigenvalue weighted by molar-refractivity contribution is -0.166. The number of hydrogen-bond acceptors (Lipinski definition) is 15. The summed E-state index contributed by atoms with van der Waals surface area (Å²) in [4.78, 5) is 50.1. The van der Waals surface area contributed by atoms with Crippen LogP contribution in [0.2, 0.25) is 0 Å². The highest BCUT2D eigenvalue weighted by Gasteiger charge is 2.49. The van der Waals surface area contributed by atoms with E-state index in [2.05, 4.69) is 31.2 Å². The molecule has 0 amide bonds. The zero-order valence-corrected chi connectivity index (χ0v) is 40.3. The number of Topliss-reactive ketones (excluding diaryl/α,β-unsaturated/α-hetero) is 1. The van der Waals surface area contributed by atoms with Crippen molar-refractivity contribution < 1.29 is 78.1 Å². The van der Waals surface area contributed by atoms with Crippen molar-refractivity contribution in [1.29, 1.82) is 0 Å². The third-order valence-corrected chi connectivity index (χ3v) is 13.0. The fourth-order valence-corrected chi connectivity index (χ4v) is 8.95. The van der Waals surface area contributed by atoms with Crippen LogP contribution in [0.3, 0.4) is 0 Å². The quantitative estimate of drug-likeness (QED) is 0.0248. The average Bonchev–Trinajstić information content (AvgIpc) is 3.28. The number of aliphatic hydroxyl groups excluding tert-OH is 7. The van der Waals surface area contributed by atoms with Crippen LogP contribution >= 0.6 is 7.82 Å². The van der Waals surface area contributed by atoms with Gasteiger partial charge in [0.2, 0.25) is 0 Å². The van der Waals surface area contributed by atoms with Gasteiger partial charge in [-0.05, 0) is 57.8 Å². The lowest BCUT2D eigenvalue weighted by atomic mass is 9.83. The van der Waals surface area contributed by atoms with Crippen LogP contribution in [0, 0.1) is 11.8 Å². The number of fused-ring (bicyclic) bond motifs is 4. The molecule has 1 heterocycles. The Balaban J connectivity index is 2.18. The molecule has 66 heavy (non-hydrogen) atoms. The number of aliphatic hydroxyl groups is 7. The minimum Gasteiger partial charge on any atom is -0.462 e. The molecule has 1 saturated carbocycles. The van der Waals surface area contributed by atoms with Crippen LogP contribution in [-0.2, 0) is 37.5 Å². The molecule has 2 fully saturated rings. The number of carbonyl (C=O) groups is 3. The molecule has 1 saturated heterocycles. The Morgan fingerprint density at radius 3 is 2.05 bits per heavy atom. The molecule has 1 unspecified atom stereocenters. The van der Waals surface area contributed by atoms with Gasteiger partial charge in [0.1, 0.15) is 36.8 Å². The van der Waals surface area contributed by atoms with Gasteiger partial charge < -0.3 is 50.1 Å². The first-order valence-corrected chi connectivity index (χ1v) is 26.0. The molecule has 16 nitrogen and oxygen atoms in total. The number of carbonyl (C=O) groups excluding carboxylic acids is 3. The maximum Gasteiger partial charge on any atom is 0.472 e. The summed E-state index contributed by atoms with van der Waals surface area (Å²) >= 11 is 0. The molecule has 0 spiro atoms. The number of cyclic esters (lactones) is 1. The molecular weight excluding hydrogens is 875 g/mol. The Morgan fingerprint density at radius 2 is 1.35 bits per heavy atom. The van der Waals surface area contributed by atoms with Crippen molar-refractivity contribution in [2.75, 3.05) is 13.2 Å². The SMILES string of the molecule is CCCCCCCC/C=C\C/C=C\C/C=C\CCCC(=O)O[C@@H]1COC(=O)CCCCCC[C@H]2C(=O)C[C@@H](O)[C@H](/C=C/[C@@H](O)CCCCC)[C@@H](O)[C@@H](O)[C@@H](OP(=O)(O)OC1)[C@H](O)[C@@H](O)[C@@H]2O. The minimum absolute atomic E-state index is 0.0210. The van der Waals surface area contributed by atoms with E-state index in [1.54, 1.807) is 0 Å². The second-order valence-electron chi connectivity index (χ2n) is 17.7. The van der Waals surface area contributed by atoms with E-state index in [-0.39, 0.29) is 19.3 Å². The highest BCUT2D eigenvalue weighted by atomic mass is 31.2. The van der Waals surface area contributed by atoms with E-state index in [1.807, 2.05) is 19.1 Å². The van der Waals surface area contributed by atoms with Crippen LogP contribution in [0.4, 0.5) is 0 Å². The maximum absolute atomic E-state index is 13.6. The molecule has 12 atom stereocenters. The van der Waals surface area contributed by atoms with E-state index in [0.717, 1.165) is 32.1 Å². The minimum atomic E-state index is -5.46. The molecule has 1 aliphatic carbocycles. The fraction of sp³-hybridized carbons (Fsp3) is 0.776. The summed E-state index contributed by atoms with van der Waals surface area (Å²) in [6, 6.07) is 0. The van der Waals surface area contributed by atoms with E-state index >= 15 is 0 Å². The van der Waals surface area contributed by atoms with Gasteiger partial charge >= 0.3 is 19.8 Å². The molecule has 17 heteroatoms. The second kappa shape index (κ2) is 34.6. The average molecular weight is 959 g/mol. The highest BCUT2D eigenvalue weighted by molar-refractivity contribution is 7.47. The van der Waals surface area contributed by atoms with Crippen LogP contribution in [0.25, 0.3) is 0 Å². The van der Waals surface area contributed by atoms with Gasteiger partial charge in [-0.3, -0.25) is 23.4 Å². The van der Waals surface area contributed by atoms with Crippen LogP contribution in [0.1, 0.15) is 162 Å². The summed E-state index contributed by atoms with van der Waals surface area (Å²) in [6.07, 6.45) is 12.2. The molecule has 2 bridgehead atoms. The first-order chi connectivity index (χ1) is 31.6. The summed E-state index contributed by atoms with van der Waals surface area (Å²) in [5.41, 5.74) is 0. The van der Waals surface area contributed by atoms with Gasteiger partial charge in [-0.15, -0.1) is 0 Å². The van der Waals surface area contributed by atoms with Gasteiger partial charge in [-0.2, -0.15) is 0 Å². The number of unbranched alkanes of at least 4 members (excludes halogenated alkanes) is 9. The van der Waals surface area contributed by atoms with Crippen molar-refractivity contribution in [3.8, 4) is 0 Å². The smallest absolute Gasteiger partial charge is 0.462 e. The molecule has 0 aromatic carbocycles. The zero-order valence-electron chi connectivity index (χ0n) is 39.4. The predicted octanol–water partition coefficient (Wildman–Crippen LogP) is 6.54. The molecule has 8 N–H and O–H groups in total. The van der Waals surface area contributed by atoms with Crippen molar-refractivity contribution in [3.05, 3.63) is 48.6 Å². The predicted molar refractivity (Wildman–Crippen MR) is 250 cm³/mol. The second-order valence-corrected chi connectivity index (χ2v) is 19.1. The van der Waals surface area contributed by atoms with Gasteiger partial charge in [0.05, 0.1) is 31.0 Å². The molecule has 2 rings (SSSR count). The zero-order chi connectivity index (χ0) is 48.7. The first kappa shape index (κ1) is 59.5. The Kier molecular flexibility index (Phi) is 31.2. The summed E-state index contributed by atoms with van der Waals surface area (Å²) < 4.78 is 34.7. The van der Waals surface area contributed by atoms with Crippen LogP contribution in [-0.4, -0.2) is 127 Å². The van der Waals surface area contributed by atoms with Crippen molar-refractivity contribution in [3.63, 3.8) is 0 Å². The lowest BCUT2D eigenvalue weighted by Gasteiger charge is -2.36.